The third-order valence-corrected chi connectivity index (χ3v) is 2.37. The molecule has 2 rings (SSSR count). The lowest BCUT2D eigenvalue weighted by Gasteiger charge is -1.95. The molecular weight excluding hydrogens is 194 g/mol. The van der Waals surface area contributed by atoms with Crippen LogP contribution in [0.3, 0.4) is 0 Å². The Hall–Kier alpha value is -1.97. The van der Waals surface area contributed by atoms with E-state index in [4.69, 9.17) is 4.42 Å². The number of carbonyl (C=O) groups excluding carboxylic acids is 1. The van der Waals surface area contributed by atoms with Crippen LogP contribution in [0.25, 0.3) is 11.0 Å². The Balaban J connectivity index is 2.75. The maximum absolute atomic E-state index is 11.4. The summed E-state index contributed by atoms with van der Waals surface area (Å²) in [6.45, 7) is 1.75. The van der Waals surface area contributed by atoms with Crippen molar-refractivity contribution in [2.75, 3.05) is 7.05 Å². The average Bonchev–Trinajstić information content (AvgIpc) is 2.56. The molecule has 1 heterocycles. The topological polar surface area (TPSA) is 62.5 Å². The quantitative estimate of drug-likeness (QED) is 0.746. The van der Waals surface area contributed by atoms with Crippen LogP contribution in [-0.4, -0.2) is 18.1 Å². The van der Waals surface area contributed by atoms with E-state index in [9.17, 15) is 9.90 Å². The van der Waals surface area contributed by atoms with Crippen LogP contribution in [0, 0.1) is 6.92 Å². The fraction of sp³-hybridized carbons (Fsp3) is 0.182. The van der Waals surface area contributed by atoms with Crippen molar-refractivity contribution in [1.29, 1.82) is 0 Å². The zero-order valence-corrected chi connectivity index (χ0v) is 8.50. The predicted molar refractivity (Wildman–Crippen MR) is 56.0 cm³/mol. The van der Waals surface area contributed by atoms with Crippen molar-refractivity contribution in [3.8, 4) is 5.75 Å². The average molecular weight is 205 g/mol. The SMILES string of the molecule is CNC(=O)c1oc2cccc(O)c2c1C. The Kier molecular flexibility index (Phi) is 2.11. The maximum Gasteiger partial charge on any atom is 0.287 e. The fourth-order valence-corrected chi connectivity index (χ4v) is 1.61. The van der Waals surface area contributed by atoms with Crippen LogP contribution >= 0.6 is 0 Å². The molecule has 1 aromatic heterocycles. The second-order valence-corrected chi connectivity index (χ2v) is 3.29. The van der Waals surface area contributed by atoms with Gasteiger partial charge in [0.15, 0.2) is 5.76 Å². The first-order chi connectivity index (χ1) is 7.15. The zero-order valence-electron chi connectivity index (χ0n) is 8.50. The molecule has 0 radical (unpaired) electrons. The summed E-state index contributed by atoms with van der Waals surface area (Å²) in [7, 11) is 1.54. The number of carbonyl (C=O) groups is 1. The second kappa shape index (κ2) is 3.31. The molecule has 78 valence electrons. The summed E-state index contributed by atoms with van der Waals surface area (Å²) in [6, 6.07) is 4.96. The lowest BCUT2D eigenvalue weighted by atomic mass is 10.1. The van der Waals surface area contributed by atoms with Gasteiger partial charge in [-0.2, -0.15) is 0 Å². The van der Waals surface area contributed by atoms with Crippen LogP contribution in [0.15, 0.2) is 22.6 Å². The molecule has 1 aromatic carbocycles. The molecule has 0 atom stereocenters. The van der Waals surface area contributed by atoms with Crippen LogP contribution in [0.2, 0.25) is 0 Å². The molecule has 0 aliphatic carbocycles. The molecule has 0 unspecified atom stereocenters. The van der Waals surface area contributed by atoms with Gasteiger partial charge in [0.05, 0.1) is 5.39 Å². The standard InChI is InChI=1S/C11H11NO3/c1-6-9-7(13)4-3-5-8(9)15-10(6)11(14)12-2/h3-5,13H,1-2H3,(H,12,14). The number of hydrogen-bond acceptors (Lipinski definition) is 3. The summed E-state index contributed by atoms with van der Waals surface area (Å²) in [6.07, 6.45) is 0. The summed E-state index contributed by atoms with van der Waals surface area (Å²) in [5.74, 6) is 0.0843. The number of furan rings is 1. The number of hydrogen-bond donors (Lipinski definition) is 2. The third kappa shape index (κ3) is 1.34. The first-order valence-corrected chi connectivity index (χ1v) is 4.58. The van der Waals surface area contributed by atoms with Crippen LogP contribution < -0.4 is 5.32 Å². The van der Waals surface area contributed by atoms with Crippen LogP contribution in [0.1, 0.15) is 16.1 Å². The number of nitrogens with one attached hydrogen (secondary N) is 1. The smallest absolute Gasteiger partial charge is 0.287 e. The van der Waals surface area contributed by atoms with E-state index < -0.39 is 0 Å². The number of fused-ring (bicyclic) bond motifs is 1. The monoisotopic (exact) mass is 205 g/mol. The van der Waals surface area contributed by atoms with Gasteiger partial charge in [0.2, 0.25) is 0 Å². The van der Waals surface area contributed by atoms with Gasteiger partial charge in [0.1, 0.15) is 11.3 Å². The molecule has 0 saturated heterocycles. The summed E-state index contributed by atoms with van der Waals surface area (Å²) in [5, 5.41) is 12.7. The molecule has 0 aliphatic rings. The van der Waals surface area contributed by atoms with E-state index in [1.54, 1.807) is 25.1 Å². The first kappa shape index (κ1) is 9.58. The molecule has 0 spiro atoms. The van der Waals surface area contributed by atoms with E-state index in [1.807, 2.05) is 0 Å². The van der Waals surface area contributed by atoms with Gasteiger partial charge in [-0.1, -0.05) is 6.07 Å². The van der Waals surface area contributed by atoms with E-state index in [0.29, 0.717) is 16.5 Å². The number of benzene rings is 1. The maximum atomic E-state index is 11.4. The number of phenolic OH excluding ortho intramolecular Hbond substituents is 1. The van der Waals surface area contributed by atoms with E-state index in [-0.39, 0.29) is 17.4 Å². The first-order valence-electron chi connectivity index (χ1n) is 4.58. The van der Waals surface area contributed by atoms with Crippen LogP contribution in [0.4, 0.5) is 0 Å². The lowest BCUT2D eigenvalue weighted by molar-refractivity contribution is 0.0937. The minimum Gasteiger partial charge on any atom is -0.507 e. The molecule has 0 aliphatic heterocycles. The zero-order chi connectivity index (χ0) is 11.0. The van der Waals surface area contributed by atoms with E-state index in [1.165, 1.54) is 7.05 Å². The van der Waals surface area contributed by atoms with Gasteiger partial charge in [-0.05, 0) is 19.1 Å². The molecule has 0 bridgehead atoms. The highest BCUT2D eigenvalue weighted by molar-refractivity contribution is 6.00. The lowest BCUT2D eigenvalue weighted by Crippen LogP contribution is -2.17. The van der Waals surface area contributed by atoms with Gasteiger partial charge >= 0.3 is 0 Å². The molecule has 2 aromatic rings. The molecule has 1 amide bonds. The van der Waals surface area contributed by atoms with Crippen molar-refractivity contribution < 1.29 is 14.3 Å². The summed E-state index contributed by atoms with van der Waals surface area (Å²) < 4.78 is 5.36. The molecule has 4 heteroatoms. The highest BCUT2D eigenvalue weighted by Crippen LogP contribution is 2.31. The largest absolute Gasteiger partial charge is 0.507 e. The van der Waals surface area contributed by atoms with Crippen molar-refractivity contribution >= 4 is 16.9 Å². The Labute approximate surface area is 86.5 Å². The van der Waals surface area contributed by atoms with Crippen molar-refractivity contribution in [2.24, 2.45) is 0 Å². The number of aromatic hydroxyl groups is 1. The van der Waals surface area contributed by atoms with Crippen LogP contribution in [-0.2, 0) is 0 Å². The van der Waals surface area contributed by atoms with Gasteiger partial charge in [0, 0.05) is 12.6 Å². The van der Waals surface area contributed by atoms with Crippen LogP contribution in [0.5, 0.6) is 5.75 Å². The summed E-state index contributed by atoms with van der Waals surface area (Å²) >= 11 is 0. The summed E-state index contributed by atoms with van der Waals surface area (Å²) in [4.78, 5) is 11.4. The molecule has 0 saturated carbocycles. The number of amides is 1. The van der Waals surface area contributed by atoms with Gasteiger partial charge in [0.25, 0.3) is 5.91 Å². The normalized spacial score (nSPS) is 10.5. The molecule has 15 heavy (non-hydrogen) atoms. The third-order valence-electron chi connectivity index (χ3n) is 2.37. The van der Waals surface area contributed by atoms with Crippen molar-refractivity contribution in [3.63, 3.8) is 0 Å². The Morgan fingerprint density at radius 2 is 2.20 bits per heavy atom. The molecular formula is C11H11NO3. The Bertz CT molecular complexity index is 528. The predicted octanol–water partition coefficient (Wildman–Crippen LogP) is 1.81. The highest BCUT2D eigenvalue weighted by atomic mass is 16.3. The van der Waals surface area contributed by atoms with Crippen molar-refractivity contribution in [2.45, 2.75) is 6.92 Å². The Morgan fingerprint density at radius 1 is 1.47 bits per heavy atom. The number of phenols is 1. The van der Waals surface area contributed by atoms with Gasteiger partial charge in [-0.25, -0.2) is 0 Å². The van der Waals surface area contributed by atoms with Gasteiger partial charge in [-0.3, -0.25) is 4.79 Å². The van der Waals surface area contributed by atoms with Crippen molar-refractivity contribution in [3.05, 3.63) is 29.5 Å². The van der Waals surface area contributed by atoms with E-state index in [0.717, 1.165) is 0 Å². The van der Waals surface area contributed by atoms with Crippen molar-refractivity contribution in [1.82, 2.24) is 5.32 Å². The molecule has 4 nitrogen and oxygen atoms in total. The number of rotatable bonds is 1. The van der Waals surface area contributed by atoms with Gasteiger partial charge in [-0.15, -0.1) is 0 Å². The van der Waals surface area contributed by atoms with E-state index >= 15 is 0 Å². The van der Waals surface area contributed by atoms with E-state index in [2.05, 4.69) is 5.32 Å². The minimum absolute atomic E-state index is 0.129. The molecule has 0 fully saturated rings. The second-order valence-electron chi connectivity index (χ2n) is 3.29. The molecule has 2 N–H and O–H groups in total. The van der Waals surface area contributed by atoms with Gasteiger partial charge < -0.3 is 14.8 Å². The fourth-order valence-electron chi connectivity index (χ4n) is 1.61. The minimum atomic E-state index is -0.289. The summed E-state index contributed by atoms with van der Waals surface area (Å²) in [5.41, 5.74) is 1.17. The Morgan fingerprint density at radius 3 is 2.80 bits per heavy atom. The highest BCUT2D eigenvalue weighted by Gasteiger charge is 2.18. The number of aryl methyl sites for hydroxylation is 1.